The summed E-state index contributed by atoms with van der Waals surface area (Å²) in [7, 11) is 0. The molecule has 1 saturated heterocycles. The van der Waals surface area contributed by atoms with Gasteiger partial charge in [0, 0.05) is 11.5 Å². The Hall–Kier alpha value is -1.22. The van der Waals surface area contributed by atoms with Gasteiger partial charge in [0.2, 0.25) is 0 Å². The molecule has 1 fully saturated rings. The van der Waals surface area contributed by atoms with Crippen LogP contribution in [0.15, 0.2) is 12.1 Å². The number of piperidine rings is 1. The fraction of sp³-hybridized carbons (Fsp3) is 0.667. The highest BCUT2D eigenvalue weighted by Gasteiger charge is 2.26. The molecule has 21 heavy (non-hydrogen) atoms. The summed E-state index contributed by atoms with van der Waals surface area (Å²) in [6.45, 7) is 9.12. The van der Waals surface area contributed by atoms with E-state index in [-0.39, 0.29) is 5.41 Å². The summed E-state index contributed by atoms with van der Waals surface area (Å²) in [5.74, 6) is 1.82. The molecule has 3 nitrogen and oxygen atoms in total. The maximum Gasteiger partial charge on any atom is 0.161 e. The number of ether oxygens (including phenoxy) is 2. The Morgan fingerprint density at radius 3 is 2.52 bits per heavy atom. The Balaban J connectivity index is 1.79. The fourth-order valence-corrected chi connectivity index (χ4v) is 3.10. The first-order chi connectivity index (χ1) is 10.0. The minimum absolute atomic E-state index is 0.0675. The summed E-state index contributed by atoms with van der Waals surface area (Å²) >= 11 is 0. The van der Waals surface area contributed by atoms with Gasteiger partial charge in [-0.3, -0.25) is 0 Å². The lowest BCUT2D eigenvalue weighted by Gasteiger charge is -2.24. The quantitative estimate of drug-likeness (QED) is 0.904. The van der Waals surface area contributed by atoms with Gasteiger partial charge >= 0.3 is 0 Å². The fourth-order valence-electron chi connectivity index (χ4n) is 3.10. The molecule has 0 radical (unpaired) electrons. The normalized spacial score (nSPS) is 24.4. The molecule has 1 N–H and O–H groups in total. The van der Waals surface area contributed by atoms with Gasteiger partial charge in [-0.2, -0.15) is 0 Å². The van der Waals surface area contributed by atoms with Gasteiger partial charge in [0.15, 0.2) is 11.5 Å². The van der Waals surface area contributed by atoms with Gasteiger partial charge in [-0.15, -0.1) is 0 Å². The molecule has 2 aliphatic rings. The van der Waals surface area contributed by atoms with Gasteiger partial charge in [0.25, 0.3) is 0 Å². The van der Waals surface area contributed by atoms with Crippen LogP contribution in [-0.4, -0.2) is 25.8 Å². The Kier molecular flexibility index (Phi) is 4.12. The van der Waals surface area contributed by atoms with Crippen LogP contribution in [0.3, 0.4) is 0 Å². The Morgan fingerprint density at radius 2 is 1.86 bits per heavy atom. The zero-order chi connectivity index (χ0) is 14.9. The van der Waals surface area contributed by atoms with Crippen molar-refractivity contribution in [1.82, 2.24) is 5.32 Å². The van der Waals surface area contributed by atoms with Crippen LogP contribution in [0.2, 0.25) is 0 Å². The monoisotopic (exact) mass is 289 g/mol. The average Bonchev–Trinajstić information content (AvgIpc) is 2.60. The standard InChI is InChI=1S/C18H27NO2/c1-13-8-16-17(21-12-18(2,3)11-20-16)10-14(13)9-15-6-4-5-7-19-15/h8,10,15,19H,4-7,9,11-12H2,1-3H3. The minimum atomic E-state index is 0.0675. The van der Waals surface area contributed by atoms with Crippen LogP contribution < -0.4 is 14.8 Å². The zero-order valence-corrected chi connectivity index (χ0v) is 13.5. The second-order valence-electron chi connectivity index (χ2n) is 7.32. The van der Waals surface area contributed by atoms with Crippen molar-refractivity contribution in [3.05, 3.63) is 23.3 Å². The van der Waals surface area contributed by atoms with E-state index in [0.29, 0.717) is 19.3 Å². The molecule has 0 aromatic heterocycles. The van der Waals surface area contributed by atoms with E-state index in [9.17, 15) is 0 Å². The lowest BCUT2D eigenvalue weighted by atomic mass is 9.95. The van der Waals surface area contributed by atoms with E-state index in [4.69, 9.17) is 9.47 Å². The number of nitrogens with one attached hydrogen (secondary N) is 1. The number of aryl methyl sites for hydroxylation is 1. The van der Waals surface area contributed by atoms with E-state index in [1.165, 1.54) is 30.4 Å². The highest BCUT2D eigenvalue weighted by Crippen LogP contribution is 2.36. The van der Waals surface area contributed by atoms with Gasteiger partial charge in [0.05, 0.1) is 13.2 Å². The molecule has 0 aliphatic carbocycles. The van der Waals surface area contributed by atoms with Gasteiger partial charge in [0.1, 0.15) is 0 Å². The highest BCUT2D eigenvalue weighted by molar-refractivity contribution is 5.47. The molecule has 1 aromatic carbocycles. The van der Waals surface area contributed by atoms with Crippen LogP contribution in [0, 0.1) is 12.3 Å². The van der Waals surface area contributed by atoms with Crippen molar-refractivity contribution in [2.24, 2.45) is 5.41 Å². The summed E-state index contributed by atoms with van der Waals surface area (Å²) in [6.07, 6.45) is 5.02. The molecule has 0 saturated carbocycles. The Morgan fingerprint density at radius 1 is 1.14 bits per heavy atom. The summed E-state index contributed by atoms with van der Waals surface area (Å²) in [6, 6.07) is 4.95. The van der Waals surface area contributed by atoms with Crippen LogP contribution in [0.1, 0.15) is 44.2 Å². The molecule has 2 aliphatic heterocycles. The molecule has 3 rings (SSSR count). The third-order valence-electron chi connectivity index (χ3n) is 4.52. The van der Waals surface area contributed by atoms with Crippen molar-refractivity contribution in [3.8, 4) is 11.5 Å². The smallest absolute Gasteiger partial charge is 0.161 e. The van der Waals surface area contributed by atoms with E-state index in [2.05, 4.69) is 38.2 Å². The summed E-state index contributed by atoms with van der Waals surface area (Å²) in [5.41, 5.74) is 2.76. The molecule has 1 atom stereocenters. The molecule has 0 spiro atoms. The van der Waals surface area contributed by atoms with Gasteiger partial charge in [-0.05, 0) is 56.0 Å². The van der Waals surface area contributed by atoms with E-state index in [1.54, 1.807) is 0 Å². The van der Waals surface area contributed by atoms with Crippen molar-refractivity contribution >= 4 is 0 Å². The van der Waals surface area contributed by atoms with Crippen LogP contribution in [0.25, 0.3) is 0 Å². The van der Waals surface area contributed by atoms with Crippen LogP contribution >= 0.6 is 0 Å². The number of hydrogen-bond acceptors (Lipinski definition) is 3. The average molecular weight is 289 g/mol. The Labute approximate surface area is 128 Å². The van der Waals surface area contributed by atoms with E-state index < -0.39 is 0 Å². The molecule has 2 heterocycles. The van der Waals surface area contributed by atoms with E-state index >= 15 is 0 Å². The molecule has 1 aromatic rings. The second-order valence-corrected chi connectivity index (χ2v) is 7.32. The predicted octanol–water partition coefficient (Wildman–Crippen LogP) is 3.48. The molecule has 116 valence electrons. The van der Waals surface area contributed by atoms with Crippen molar-refractivity contribution in [3.63, 3.8) is 0 Å². The SMILES string of the molecule is Cc1cc2c(cc1CC1CCCCN1)OCC(C)(C)CO2. The second kappa shape index (κ2) is 5.88. The zero-order valence-electron chi connectivity index (χ0n) is 13.5. The number of benzene rings is 1. The lowest BCUT2D eigenvalue weighted by molar-refractivity contribution is 0.140. The maximum absolute atomic E-state index is 6.00. The van der Waals surface area contributed by atoms with E-state index in [0.717, 1.165) is 24.5 Å². The number of fused-ring (bicyclic) bond motifs is 1. The van der Waals surface area contributed by atoms with Crippen molar-refractivity contribution < 1.29 is 9.47 Å². The van der Waals surface area contributed by atoms with Gasteiger partial charge in [-0.1, -0.05) is 20.3 Å². The van der Waals surface area contributed by atoms with Crippen LogP contribution in [0.5, 0.6) is 11.5 Å². The van der Waals surface area contributed by atoms with Crippen molar-refractivity contribution in [2.45, 2.75) is 52.5 Å². The van der Waals surface area contributed by atoms with Crippen LogP contribution in [0.4, 0.5) is 0 Å². The summed E-state index contributed by atoms with van der Waals surface area (Å²) in [4.78, 5) is 0. The highest BCUT2D eigenvalue weighted by atomic mass is 16.5. The number of hydrogen-bond donors (Lipinski definition) is 1. The van der Waals surface area contributed by atoms with Gasteiger partial charge < -0.3 is 14.8 Å². The molecule has 0 amide bonds. The molecular weight excluding hydrogens is 262 g/mol. The largest absolute Gasteiger partial charge is 0.489 e. The first-order valence-corrected chi connectivity index (χ1v) is 8.16. The molecule has 1 unspecified atom stereocenters. The van der Waals surface area contributed by atoms with E-state index in [1.807, 2.05) is 0 Å². The first-order valence-electron chi connectivity index (χ1n) is 8.16. The third kappa shape index (κ3) is 3.52. The Bertz CT molecular complexity index is 504. The molecule has 0 bridgehead atoms. The topological polar surface area (TPSA) is 30.5 Å². The third-order valence-corrected chi connectivity index (χ3v) is 4.52. The molecule has 3 heteroatoms. The first kappa shape index (κ1) is 14.7. The van der Waals surface area contributed by atoms with Crippen molar-refractivity contribution in [2.75, 3.05) is 19.8 Å². The molecular formula is C18H27NO2. The van der Waals surface area contributed by atoms with Crippen molar-refractivity contribution in [1.29, 1.82) is 0 Å². The maximum atomic E-state index is 6.00. The minimum Gasteiger partial charge on any atom is -0.489 e. The summed E-state index contributed by atoms with van der Waals surface area (Å²) < 4.78 is 12.0. The van der Waals surface area contributed by atoms with Gasteiger partial charge in [-0.25, -0.2) is 0 Å². The van der Waals surface area contributed by atoms with Crippen LogP contribution in [-0.2, 0) is 6.42 Å². The summed E-state index contributed by atoms with van der Waals surface area (Å²) in [5, 5.41) is 3.63. The lowest BCUT2D eigenvalue weighted by Crippen LogP contribution is -2.35. The number of rotatable bonds is 2. The predicted molar refractivity (Wildman–Crippen MR) is 85.3 cm³/mol.